The summed E-state index contributed by atoms with van der Waals surface area (Å²) < 4.78 is 19.1. The quantitative estimate of drug-likeness (QED) is 0.561. The van der Waals surface area contributed by atoms with Crippen LogP contribution in [-0.4, -0.2) is 11.4 Å². The van der Waals surface area contributed by atoms with Crippen LogP contribution in [0.1, 0.15) is 50.2 Å². The number of halogens is 2. The molecule has 3 heteroatoms. The molecule has 0 aromatic heterocycles. The first-order chi connectivity index (χ1) is 8.79. The molecule has 1 fully saturated rings. The Balaban J connectivity index is 1.97. The molecule has 0 aliphatic heterocycles. The first kappa shape index (κ1) is 14.0. The number of ether oxygens (including phenoxy) is 1. The number of benzene rings is 1. The molecule has 1 aromatic carbocycles. The van der Waals surface area contributed by atoms with E-state index in [1.54, 1.807) is 0 Å². The molecule has 1 unspecified atom stereocenters. The van der Waals surface area contributed by atoms with Crippen molar-refractivity contribution in [3.63, 3.8) is 0 Å². The number of hydrogen-bond donors (Lipinski definition) is 0. The van der Waals surface area contributed by atoms with Crippen LogP contribution in [-0.2, 0) is 4.74 Å². The van der Waals surface area contributed by atoms with Crippen LogP contribution in [0, 0.1) is 5.82 Å². The Morgan fingerprint density at radius 3 is 2.28 bits per heavy atom. The van der Waals surface area contributed by atoms with Crippen LogP contribution in [0.3, 0.4) is 0 Å². The van der Waals surface area contributed by atoms with E-state index in [9.17, 15) is 4.39 Å². The maximum Gasteiger partial charge on any atom is 0.123 e. The van der Waals surface area contributed by atoms with Crippen molar-refractivity contribution in [3.05, 3.63) is 35.6 Å². The zero-order valence-electron chi connectivity index (χ0n) is 10.6. The third-order valence-corrected chi connectivity index (χ3v) is 4.13. The molecule has 0 amide bonds. The summed E-state index contributed by atoms with van der Waals surface area (Å²) in [7, 11) is 0. The van der Waals surface area contributed by atoms with E-state index in [0.29, 0.717) is 6.10 Å². The molecule has 1 nitrogen and oxygen atoms in total. The molecule has 1 aromatic rings. The Morgan fingerprint density at radius 1 is 1.11 bits per heavy atom. The van der Waals surface area contributed by atoms with Gasteiger partial charge in [0.25, 0.3) is 0 Å². The first-order valence-electron chi connectivity index (χ1n) is 6.76. The Bertz CT molecular complexity index is 344. The summed E-state index contributed by atoms with van der Waals surface area (Å²) in [6.45, 7) is 0. The van der Waals surface area contributed by atoms with Crippen LogP contribution in [0.25, 0.3) is 0 Å². The topological polar surface area (TPSA) is 9.23 Å². The predicted octanol–water partition coefficient (Wildman–Crippen LogP) is 5.00. The average molecular weight is 315 g/mol. The SMILES string of the molecule is Fc1ccc(C(CBr)OC2CCCCCC2)cc1. The van der Waals surface area contributed by atoms with Gasteiger partial charge in [-0.15, -0.1) is 0 Å². The van der Waals surface area contributed by atoms with E-state index in [4.69, 9.17) is 4.74 Å². The van der Waals surface area contributed by atoms with Crippen LogP contribution < -0.4 is 0 Å². The highest BCUT2D eigenvalue weighted by Gasteiger charge is 2.19. The van der Waals surface area contributed by atoms with Crippen molar-refractivity contribution in [1.29, 1.82) is 0 Å². The lowest BCUT2D eigenvalue weighted by molar-refractivity contribution is -0.00793. The van der Waals surface area contributed by atoms with Crippen molar-refractivity contribution in [2.75, 3.05) is 5.33 Å². The van der Waals surface area contributed by atoms with Gasteiger partial charge in [0.1, 0.15) is 5.82 Å². The minimum absolute atomic E-state index is 0.0358. The second-order valence-corrected chi connectivity index (χ2v) is 5.59. The number of rotatable bonds is 4. The molecule has 0 bridgehead atoms. The largest absolute Gasteiger partial charge is 0.369 e. The van der Waals surface area contributed by atoms with E-state index in [-0.39, 0.29) is 11.9 Å². The van der Waals surface area contributed by atoms with E-state index < -0.39 is 0 Å². The summed E-state index contributed by atoms with van der Waals surface area (Å²) in [6.07, 6.45) is 7.90. The predicted molar refractivity (Wildman–Crippen MR) is 75.5 cm³/mol. The third-order valence-electron chi connectivity index (χ3n) is 3.54. The Morgan fingerprint density at radius 2 is 1.72 bits per heavy atom. The van der Waals surface area contributed by atoms with Crippen molar-refractivity contribution in [1.82, 2.24) is 0 Å². The summed E-state index contributed by atoms with van der Waals surface area (Å²) in [4.78, 5) is 0. The third kappa shape index (κ3) is 4.06. The molecule has 100 valence electrons. The maximum absolute atomic E-state index is 12.9. The Hall–Kier alpha value is -0.410. The lowest BCUT2D eigenvalue weighted by Gasteiger charge is -2.23. The molecule has 0 spiro atoms. The second-order valence-electron chi connectivity index (χ2n) is 4.94. The van der Waals surface area contributed by atoms with Gasteiger partial charge in [-0.05, 0) is 30.5 Å². The van der Waals surface area contributed by atoms with E-state index in [1.165, 1.54) is 37.8 Å². The average Bonchev–Trinajstić information content (AvgIpc) is 2.66. The molecule has 0 radical (unpaired) electrons. The monoisotopic (exact) mass is 314 g/mol. The molecular weight excluding hydrogens is 295 g/mol. The summed E-state index contributed by atoms with van der Waals surface area (Å²) in [5, 5.41) is 0.759. The molecule has 0 N–H and O–H groups in total. The maximum atomic E-state index is 12.9. The van der Waals surface area contributed by atoms with Gasteiger partial charge < -0.3 is 4.74 Å². The number of hydrogen-bond acceptors (Lipinski definition) is 1. The van der Waals surface area contributed by atoms with Gasteiger partial charge in [0.05, 0.1) is 12.2 Å². The van der Waals surface area contributed by atoms with E-state index in [1.807, 2.05) is 12.1 Å². The fraction of sp³-hybridized carbons (Fsp3) is 0.600. The van der Waals surface area contributed by atoms with Gasteiger partial charge >= 0.3 is 0 Å². The summed E-state index contributed by atoms with van der Waals surface area (Å²) in [5.41, 5.74) is 1.05. The molecule has 1 atom stereocenters. The summed E-state index contributed by atoms with van der Waals surface area (Å²) in [6, 6.07) is 6.64. The fourth-order valence-corrected chi connectivity index (χ4v) is 3.02. The van der Waals surface area contributed by atoms with Gasteiger partial charge in [-0.3, -0.25) is 0 Å². The Labute approximate surface area is 117 Å². The van der Waals surface area contributed by atoms with E-state index in [2.05, 4.69) is 15.9 Å². The summed E-state index contributed by atoms with van der Waals surface area (Å²) in [5.74, 6) is -0.193. The zero-order chi connectivity index (χ0) is 12.8. The molecule has 2 rings (SSSR count). The molecular formula is C15H20BrFO. The van der Waals surface area contributed by atoms with Crippen molar-refractivity contribution in [2.24, 2.45) is 0 Å². The Kier molecular flexibility index (Phi) is 5.64. The highest BCUT2D eigenvalue weighted by Crippen LogP contribution is 2.27. The lowest BCUT2D eigenvalue weighted by Crippen LogP contribution is -2.17. The molecule has 1 aliphatic carbocycles. The smallest absolute Gasteiger partial charge is 0.123 e. The first-order valence-corrected chi connectivity index (χ1v) is 7.88. The van der Waals surface area contributed by atoms with Gasteiger partial charge in [-0.25, -0.2) is 4.39 Å². The van der Waals surface area contributed by atoms with Crippen LogP contribution >= 0.6 is 15.9 Å². The highest BCUT2D eigenvalue weighted by molar-refractivity contribution is 9.09. The van der Waals surface area contributed by atoms with Gasteiger partial charge in [-0.2, -0.15) is 0 Å². The molecule has 1 aliphatic rings. The minimum Gasteiger partial charge on any atom is -0.369 e. The zero-order valence-corrected chi connectivity index (χ0v) is 12.2. The fourth-order valence-electron chi connectivity index (χ4n) is 2.49. The van der Waals surface area contributed by atoms with Gasteiger partial charge in [0.2, 0.25) is 0 Å². The molecule has 0 saturated heterocycles. The normalized spacial score (nSPS) is 19.4. The van der Waals surface area contributed by atoms with Crippen LogP contribution in [0.5, 0.6) is 0 Å². The van der Waals surface area contributed by atoms with Crippen LogP contribution in [0.4, 0.5) is 4.39 Å². The van der Waals surface area contributed by atoms with Crippen molar-refractivity contribution in [3.8, 4) is 0 Å². The van der Waals surface area contributed by atoms with Crippen molar-refractivity contribution in [2.45, 2.75) is 50.7 Å². The lowest BCUT2D eigenvalue weighted by atomic mass is 10.1. The van der Waals surface area contributed by atoms with Gasteiger partial charge in [0.15, 0.2) is 0 Å². The second kappa shape index (κ2) is 7.25. The molecule has 0 heterocycles. The summed E-state index contributed by atoms with van der Waals surface area (Å²) >= 11 is 3.50. The van der Waals surface area contributed by atoms with E-state index in [0.717, 1.165) is 23.7 Å². The minimum atomic E-state index is -0.193. The van der Waals surface area contributed by atoms with Crippen molar-refractivity contribution < 1.29 is 9.13 Å². The van der Waals surface area contributed by atoms with Gasteiger partial charge in [0, 0.05) is 5.33 Å². The van der Waals surface area contributed by atoms with Crippen molar-refractivity contribution >= 4 is 15.9 Å². The van der Waals surface area contributed by atoms with Crippen LogP contribution in [0.15, 0.2) is 24.3 Å². The standard InChI is InChI=1S/C15H20BrFO/c16-11-15(12-7-9-13(17)10-8-12)18-14-5-3-1-2-4-6-14/h7-10,14-15H,1-6,11H2. The van der Waals surface area contributed by atoms with Gasteiger partial charge in [-0.1, -0.05) is 53.7 Å². The molecule has 18 heavy (non-hydrogen) atoms. The van der Waals surface area contributed by atoms with Crippen LogP contribution in [0.2, 0.25) is 0 Å². The number of alkyl halides is 1. The van der Waals surface area contributed by atoms with E-state index >= 15 is 0 Å². The molecule has 1 saturated carbocycles. The highest BCUT2D eigenvalue weighted by atomic mass is 79.9.